The van der Waals surface area contributed by atoms with Crippen molar-refractivity contribution in [2.45, 2.75) is 18.9 Å². The lowest BCUT2D eigenvalue weighted by Gasteiger charge is -2.19. The number of ether oxygens (including phenoxy) is 1. The highest BCUT2D eigenvalue weighted by Gasteiger charge is 2.23. The van der Waals surface area contributed by atoms with Crippen LogP contribution in [0.2, 0.25) is 0 Å². The Balaban J connectivity index is 1.93. The Labute approximate surface area is 130 Å². The molecule has 1 aromatic heterocycles. The molecule has 0 amide bonds. The van der Waals surface area contributed by atoms with Gasteiger partial charge in [-0.05, 0) is 29.8 Å². The summed E-state index contributed by atoms with van der Waals surface area (Å²) in [6.07, 6.45) is -0.610. The number of aliphatic hydroxyl groups excluding tert-OH is 1. The normalized spacial score (nSPS) is 14.0. The van der Waals surface area contributed by atoms with Gasteiger partial charge in [0.25, 0.3) is 0 Å². The monoisotopic (exact) mass is 296 g/mol. The summed E-state index contributed by atoms with van der Waals surface area (Å²) in [7, 11) is 3.62. The molecule has 0 spiro atoms. The van der Waals surface area contributed by atoms with Crippen LogP contribution >= 0.6 is 0 Å². The van der Waals surface area contributed by atoms with Crippen molar-refractivity contribution >= 4 is 11.0 Å². The van der Waals surface area contributed by atoms with Gasteiger partial charge in [0.05, 0.1) is 24.2 Å². The molecular weight excluding hydrogens is 276 g/mol. The summed E-state index contributed by atoms with van der Waals surface area (Å²) in [5.41, 5.74) is 2.89. The van der Waals surface area contributed by atoms with Gasteiger partial charge in [-0.1, -0.05) is 31.2 Å². The molecule has 0 aliphatic rings. The topological polar surface area (TPSA) is 47.3 Å². The van der Waals surface area contributed by atoms with Crippen molar-refractivity contribution in [2.75, 3.05) is 7.11 Å². The van der Waals surface area contributed by atoms with Crippen LogP contribution in [0.5, 0.6) is 5.75 Å². The number of aliphatic hydroxyl groups is 1. The average Bonchev–Trinajstić information content (AvgIpc) is 2.91. The summed E-state index contributed by atoms with van der Waals surface area (Å²) >= 11 is 0. The second-order valence-electron chi connectivity index (χ2n) is 5.52. The van der Waals surface area contributed by atoms with Gasteiger partial charge in [-0.3, -0.25) is 0 Å². The van der Waals surface area contributed by atoms with E-state index in [-0.39, 0.29) is 5.92 Å². The molecule has 1 heterocycles. The van der Waals surface area contributed by atoms with Crippen LogP contribution in [0.15, 0.2) is 48.5 Å². The van der Waals surface area contributed by atoms with E-state index in [2.05, 4.69) is 4.98 Å². The van der Waals surface area contributed by atoms with Crippen LogP contribution in [0.4, 0.5) is 0 Å². The predicted molar refractivity (Wildman–Crippen MR) is 87.1 cm³/mol. The number of para-hydroxylation sites is 2. The predicted octanol–water partition coefficient (Wildman–Crippen LogP) is 3.42. The number of methoxy groups -OCH3 is 1. The van der Waals surface area contributed by atoms with Crippen LogP contribution < -0.4 is 4.74 Å². The van der Waals surface area contributed by atoms with E-state index >= 15 is 0 Å². The molecule has 3 rings (SSSR count). The van der Waals surface area contributed by atoms with Crippen molar-refractivity contribution in [1.29, 1.82) is 0 Å². The Morgan fingerprint density at radius 2 is 1.77 bits per heavy atom. The van der Waals surface area contributed by atoms with E-state index in [1.807, 2.05) is 67.1 Å². The van der Waals surface area contributed by atoms with Gasteiger partial charge in [-0.2, -0.15) is 0 Å². The zero-order valence-corrected chi connectivity index (χ0v) is 13.0. The van der Waals surface area contributed by atoms with Crippen LogP contribution in [0.1, 0.15) is 30.3 Å². The average molecular weight is 296 g/mol. The quantitative estimate of drug-likeness (QED) is 0.802. The number of hydrogen-bond donors (Lipinski definition) is 1. The van der Waals surface area contributed by atoms with E-state index in [1.165, 1.54) is 0 Å². The van der Waals surface area contributed by atoms with Crippen LogP contribution in [-0.2, 0) is 7.05 Å². The second kappa shape index (κ2) is 5.81. The standard InChI is InChI=1S/C18H20N2O2/c1-12(17(21)13-8-10-14(22-3)11-9-13)18-19-15-6-4-5-7-16(15)20(18)2/h4-12,17,21H,1-3H3/t12-,17-/m1/s1. The fourth-order valence-corrected chi connectivity index (χ4v) is 2.80. The molecule has 0 unspecified atom stereocenters. The van der Waals surface area contributed by atoms with E-state index in [9.17, 15) is 5.11 Å². The molecule has 2 atom stereocenters. The number of nitrogens with zero attached hydrogens (tertiary/aromatic N) is 2. The number of benzene rings is 2. The van der Waals surface area contributed by atoms with Gasteiger partial charge in [-0.25, -0.2) is 4.98 Å². The molecule has 0 saturated heterocycles. The highest BCUT2D eigenvalue weighted by Crippen LogP contribution is 2.32. The van der Waals surface area contributed by atoms with E-state index in [4.69, 9.17) is 4.74 Å². The largest absolute Gasteiger partial charge is 0.497 e. The van der Waals surface area contributed by atoms with Gasteiger partial charge in [-0.15, -0.1) is 0 Å². The lowest BCUT2D eigenvalue weighted by atomic mass is 9.96. The first-order chi connectivity index (χ1) is 10.6. The molecular formula is C18H20N2O2. The van der Waals surface area contributed by atoms with Crippen molar-refractivity contribution in [3.8, 4) is 5.75 Å². The molecule has 0 bridgehead atoms. The number of aryl methyl sites for hydroxylation is 1. The Morgan fingerprint density at radius 3 is 2.41 bits per heavy atom. The molecule has 0 radical (unpaired) electrons. The fourth-order valence-electron chi connectivity index (χ4n) is 2.80. The molecule has 1 N–H and O–H groups in total. The maximum atomic E-state index is 10.7. The minimum atomic E-state index is -0.610. The van der Waals surface area contributed by atoms with Crippen molar-refractivity contribution in [1.82, 2.24) is 9.55 Å². The van der Waals surface area contributed by atoms with Gasteiger partial charge in [0.1, 0.15) is 11.6 Å². The highest BCUT2D eigenvalue weighted by atomic mass is 16.5. The summed E-state index contributed by atoms with van der Waals surface area (Å²) in [6, 6.07) is 15.5. The van der Waals surface area contributed by atoms with E-state index in [0.29, 0.717) is 0 Å². The molecule has 4 heteroatoms. The molecule has 0 saturated carbocycles. The molecule has 22 heavy (non-hydrogen) atoms. The third-order valence-electron chi connectivity index (χ3n) is 4.16. The summed E-state index contributed by atoms with van der Waals surface area (Å²) in [4.78, 5) is 4.67. The first-order valence-corrected chi connectivity index (χ1v) is 7.35. The summed E-state index contributed by atoms with van der Waals surface area (Å²) in [6.45, 7) is 2.00. The minimum Gasteiger partial charge on any atom is -0.497 e. The van der Waals surface area contributed by atoms with Gasteiger partial charge < -0.3 is 14.4 Å². The maximum absolute atomic E-state index is 10.7. The molecule has 4 nitrogen and oxygen atoms in total. The molecule has 2 aromatic carbocycles. The van der Waals surface area contributed by atoms with Gasteiger partial charge in [0.15, 0.2) is 0 Å². The number of hydrogen-bond acceptors (Lipinski definition) is 3. The number of fused-ring (bicyclic) bond motifs is 1. The van der Waals surface area contributed by atoms with Crippen LogP contribution in [0.25, 0.3) is 11.0 Å². The molecule has 114 valence electrons. The Hall–Kier alpha value is -2.33. The minimum absolute atomic E-state index is 0.106. The number of aromatic nitrogens is 2. The van der Waals surface area contributed by atoms with E-state index in [0.717, 1.165) is 28.2 Å². The second-order valence-corrected chi connectivity index (χ2v) is 5.52. The lowest BCUT2D eigenvalue weighted by molar-refractivity contribution is 0.147. The molecule has 0 aliphatic heterocycles. The zero-order valence-electron chi connectivity index (χ0n) is 13.0. The molecule has 0 fully saturated rings. The Kier molecular flexibility index (Phi) is 3.86. The van der Waals surface area contributed by atoms with E-state index < -0.39 is 6.10 Å². The highest BCUT2D eigenvalue weighted by molar-refractivity contribution is 5.75. The van der Waals surface area contributed by atoms with Crippen molar-refractivity contribution in [3.63, 3.8) is 0 Å². The van der Waals surface area contributed by atoms with Crippen molar-refractivity contribution < 1.29 is 9.84 Å². The first-order valence-electron chi connectivity index (χ1n) is 7.35. The Morgan fingerprint density at radius 1 is 1.09 bits per heavy atom. The van der Waals surface area contributed by atoms with Crippen LogP contribution in [-0.4, -0.2) is 21.8 Å². The SMILES string of the molecule is COc1ccc([C@H](O)[C@@H](C)c2nc3ccccc3n2C)cc1. The van der Waals surface area contributed by atoms with Gasteiger partial charge in [0.2, 0.25) is 0 Å². The van der Waals surface area contributed by atoms with Gasteiger partial charge in [0, 0.05) is 13.0 Å². The lowest BCUT2D eigenvalue weighted by Crippen LogP contribution is -2.12. The number of imidazole rings is 1. The Bertz CT molecular complexity index is 777. The summed E-state index contributed by atoms with van der Waals surface area (Å²) < 4.78 is 7.20. The smallest absolute Gasteiger partial charge is 0.118 e. The third-order valence-corrected chi connectivity index (χ3v) is 4.16. The van der Waals surface area contributed by atoms with Crippen LogP contribution in [0, 0.1) is 0 Å². The van der Waals surface area contributed by atoms with Crippen molar-refractivity contribution in [3.05, 3.63) is 59.9 Å². The van der Waals surface area contributed by atoms with Crippen molar-refractivity contribution in [2.24, 2.45) is 7.05 Å². The third kappa shape index (κ3) is 2.46. The molecule has 3 aromatic rings. The fraction of sp³-hybridized carbons (Fsp3) is 0.278. The first kappa shape index (κ1) is 14.6. The summed E-state index contributed by atoms with van der Waals surface area (Å²) in [5.74, 6) is 1.56. The number of rotatable bonds is 4. The molecule has 0 aliphatic carbocycles. The maximum Gasteiger partial charge on any atom is 0.118 e. The van der Waals surface area contributed by atoms with Crippen LogP contribution in [0.3, 0.4) is 0 Å². The van der Waals surface area contributed by atoms with Gasteiger partial charge >= 0.3 is 0 Å². The summed E-state index contributed by atoms with van der Waals surface area (Å²) in [5, 5.41) is 10.7. The van der Waals surface area contributed by atoms with E-state index in [1.54, 1.807) is 7.11 Å². The zero-order chi connectivity index (χ0) is 15.7.